The van der Waals surface area contributed by atoms with E-state index in [0.29, 0.717) is 5.56 Å². The molecular weight excluding hydrogens is 1180 g/mol. The van der Waals surface area contributed by atoms with Crippen LogP contribution < -0.4 is 14.7 Å². The Morgan fingerprint density at radius 3 is 0.907 bits per heavy atom. The maximum Gasteiger partial charge on any atom is 0.150 e. The SMILES string of the molecule is CC1(C)OC23c4c(c(N5c6ccc(-c7ccccc7)cc6C(C)(C)c6cc(-c7ccccc7)ccc65)c(N5c6ccc(-c7ccccc7)cc6C(C)(C)c6cc(-c7ccccc7)ccc65)c(C#N)c41)N1c4ccc(-c5ccccc5)cc4C(C)(C)c4cc(-c5ccccc5)c2c3c41. The second-order valence-electron chi connectivity index (χ2n) is 29.4. The summed E-state index contributed by atoms with van der Waals surface area (Å²) < 4.78 is 8.19. The summed E-state index contributed by atoms with van der Waals surface area (Å²) in [7, 11) is 0. The number of ether oxygens (including phenoxy) is 1. The maximum absolute atomic E-state index is 13.2. The number of nitriles is 1. The van der Waals surface area contributed by atoms with Crippen LogP contribution in [0.25, 0.3) is 66.8 Å². The zero-order chi connectivity index (χ0) is 65.6. The molecule has 0 amide bonds. The van der Waals surface area contributed by atoms with E-state index >= 15 is 0 Å². The van der Waals surface area contributed by atoms with Gasteiger partial charge in [0.2, 0.25) is 0 Å². The van der Waals surface area contributed by atoms with Crippen LogP contribution in [-0.4, -0.2) is 0 Å². The third-order valence-electron chi connectivity index (χ3n) is 22.6. The first-order chi connectivity index (χ1) is 47.1. The first-order valence-electron chi connectivity index (χ1n) is 34.1. The molecule has 5 heteroatoms. The van der Waals surface area contributed by atoms with Crippen molar-refractivity contribution in [3.8, 4) is 72.8 Å². The molecule has 5 aliphatic heterocycles. The van der Waals surface area contributed by atoms with E-state index in [1.54, 1.807) is 0 Å². The van der Waals surface area contributed by atoms with Crippen molar-refractivity contribution in [1.29, 1.82) is 5.26 Å². The Hall–Kier alpha value is -11.3. The molecule has 97 heavy (non-hydrogen) atoms. The predicted octanol–water partition coefficient (Wildman–Crippen LogP) is 24.1. The van der Waals surface area contributed by atoms with Crippen molar-refractivity contribution in [2.24, 2.45) is 0 Å². The van der Waals surface area contributed by atoms with Crippen molar-refractivity contribution in [1.82, 2.24) is 0 Å². The molecule has 1 spiro atoms. The van der Waals surface area contributed by atoms with Crippen molar-refractivity contribution < 1.29 is 4.74 Å². The fourth-order valence-corrected chi connectivity index (χ4v) is 17.8. The van der Waals surface area contributed by atoms with Crippen molar-refractivity contribution >= 4 is 51.2 Å². The topological polar surface area (TPSA) is 42.7 Å². The lowest BCUT2D eigenvalue weighted by molar-refractivity contribution is -0.0565. The number of hydrogen-bond acceptors (Lipinski definition) is 5. The highest BCUT2D eigenvalue weighted by Crippen LogP contribution is 2.80. The molecule has 0 bridgehead atoms. The normalized spacial score (nSPS) is 17.3. The standard InChI is InChI=1S/C92H70N4O/c1-88(2)69-49-62(56-27-15-9-16-28-56)39-44-75(69)94(76-45-40-63(50-70(76)88)57-29-17-10-18-30-57)84-68(55-93)80-82-86(87(84)95-77-46-41-64(58-31-19-11-20-32-58)51-71(77)89(3,4)72-52-65(42-47-78(72)95)59-33-21-12-22-34-59)96-79-48-43-66(60-35-23-13-24-36-60)53-73(79)90(5,6)74-54-67(61-37-25-14-26-38-61)81-83(85(74)96)92(81,82)97-91(80,7)8/h9-54H,1-8H3. The van der Waals surface area contributed by atoms with Crippen LogP contribution >= 0.6 is 0 Å². The van der Waals surface area contributed by atoms with Crippen molar-refractivity contribution in [3.63, 3.8) is 0 Å². The summed E-state index contributed by atoms with van der Waals surface area (Å²) in [6, 6.07) is 106. The van der Waals surface area contributed by atoms with Gasteiger partial charge in [-0.05, 0) is 181 Å². The summed E-state index contributed by atoms with van der Waals surface area (Å²) >= 11 is 0. The zero-order valence-corrected chi connectivity index (χ0v) is 55.8. The molecule has 5 heterocycles. The molecule has 1 aliphatic carbocycles. The van der Waals surface area contributed by atoms with E-state index < -0.39 is 27.4 Å². The van der Waals surface area contributed by atoms with Crippen molar-refractivity contribution in [2.75, 3.05) is 14.7 Å². The zero-order valence-electron chi connectivity index (χ0n) is 55.8. The van der Waals surface area contributed by atoms with Crippen LogP contribution in [-0.2, 0) is 32.2 Å². The lowest BCUT2D eigenvalue weighted by Crippen LogP contribution is -2.37. The number of hydrogen-bond donors (Lipinski definition) is 0. The Bertz CT molecular complexity index is 5370. The van der Waals surface area contributed by atoms with Crippen molar-refractivity contribution in [2.45, 2.75) is 82.8 Å². The van der Waals surface area contributed by atoms with Crippen LogP contribution in [0.2, 0.25) is 0 Å². The molecule has 5 nitrogen and oxygen atoms in total. The average molecular weight is 1250 g/mol. The van der Waals surface area contributed by atoms with E-state index in [2.05, 4.69) is 355 Å². The van der Waals surface area contributed by atoms with E-state index in [1.165, 1.54) is 33.4 Å². The molecule has 13 aromatic carbocycles. The number of nitrogens with zero attached hydrogens (tertiary/aromatic N) is 4. The number of anilines is 9. The Morgan fingerprint density at radius 1 is 0.268 bits per heavy atom. The molecule has 0 aromatic heterocycles. The van der Waals surface area contributed by atoms with Gasteiger partial charge < -0.3 is 19.4 Å². The largest absolute Gasteiger partial charge is 0.350 e. The summed E-state index contributed by atoms with van der Waals surface area (Å²) in [5, 5.41) is 13.2. The number of benzene rings is 13. The average Bonchev–Trinajstić information content (AvgIpc) is 1.44. The number of rotatable bonds is 8. The van der Waals surface area contributed by atoms with Crippen LogP contribution in [0.15, 0.2) is 279 Å². The van der Waals surface area contributed by atoms with Gasteiger partial charge in [0.1, 0.15) is 6.07 Å². The highest BCUT2D eigenvalue weighted by Gasteiger charge is 2.71. The van der Waals surface area contributed by atoms with Crippen LogP contribution in [0.1, 0.15) is 117 Å². The lowest BCUT2D eigenvalue weighted by Gasteiger charge is -2.50. The van der Waals surface area contributed by atoms with E-state index in [0.717, 1.165) is 140 Å². The molecule has 6 aliphatic rings. The fourth-order valence-electron chi connectivity index (χ4n) is 17.8. The first-order valence-corrected chi connectivity index (χ1v) is 34.1. The van der Waals surface area contributed by atoms with Crippen molar-refractivity contribution in [3.05, 3.63) is 340 Å². The summed E-state index contributed by atoms with van der Waals surface area (Å²) in [6.07, 6.45) is 0. The minimum absolute atomic E-state index is 0.502. The summed E-state index contributed by atoms with van der Waals surface area (Å²) in [6.45, 7) is 18.9. The molecule has 0 fully saturated rings. The fraction of sp³-hybridized carbons (Fsp3) is 0.141. The van der Waals surface area contributed by atoms with Crippen LogP contribution in [0.5, 0.6) is 0 Å². The van der Waals surface area contributed by atoms with Gasteiger partial charge in [-0.1, -0.05) is 254 Å². The molecule has 13 aromatic rings. The van der Waals surface area contributed by atoms with Gasteiger partial charge in [-0.2, -0.15) is 5.26 Å². The van der Waals surface area contributed by atoms with Crippen LogP contribution in [0, 0.1) is 11.3 Å². The second kappa shape index (κ2) is 20.1. The van der Waals surface area contributed by atoms with E-state index in [1.807, 2.05) is 0 Å². The molecule has 0 saturated carbocycles. The molecule has 0 radical (unpaired) electrons. The number of fused-ring (bicyclic) bond motifs is 7. The van der Waals surface area contributed by atoms with Crippen LogP contribution in [0.4, 0.5) is 51.2 Å². The quantitative estimate of drug-likeness (QED) is 0.152. The Kier molecular flexibility index (Phi) is 11.9. The van der Waals surface area contributed by atoms with E-state index in [-0.39, 0.29) is 0 Å². The Labute approximate surface area is 568 Å². The molecule has 0 N–H and O–H groups in total. The molecule has 1 unspecified atom stereocenters. The van der Waals surface area contributed by atoms with E-state index in [9.17, 15) is 5.26 Å². The highest BCUT2D eigenvalue weighted by atomic mass is 16.5. The Morgan fingerprint density at radius 2 is 0.567 bits per heavy atom. The second-order valence-corrected chi connectivity index (χ2v) is 29.4. The van der Waals surface area contributed by atoms with Gasteiger partial charge in [-0.3, -0.25) is 0 Å². The van der Waals surface area contributed by atoms with Gasteiger partial charge in [-0.15, -0.1) is 0 Å². The highest BCUT2D eigenvalue weighted by molar-refractivity contribution is 6.14. The summed E-state index contributed by atoms with van der Waals surface area (Å²) in [4.78, 5) is 7.78. The third-order valence-corrected chi connectivity index (χ3v) is 22.6. The Balaban J connectivity index is 1.02. The predicted molar refractivity (Wildman–Crippen MR) is 398 cm³/mol. The van der Waals surface area contributed by atoms with Gasteiger partial charge in [0.25, 0.3) is 0 Å². The van der Waals surface area contributed by atoms with E-state index in [4.69, 9.17) is 4.74 Å². The minimum atomic E-state index is -1.01. The molecular formula is C92H70N4O. The van der Waals surface area contributed by atoms with Gasteiger partial charge in [0, 0.05) is 38.5 Å². The van der Waals surface area contributed by atoms with Crippen LogP contribution in [0.3, 0.4) is 0 Å². The molecule has 464 valence electrons. The first kappa shape index (κ1) is 57.2. The maximum atomic E-state index is 13.2. The lowest BCUT2D eigenvalue weighted by atomic mass is 9.70. The minimum Gasteiger partial charge on any atom is -0.350 e. The third kappa shape index (κ3) is 7.85. The van der Waals surface area contributed by atoms with Gasteiger partial charge in [0.15, 0.2) is 5.60 Å². The monoisotopic (exact) mass is 1250 g/mol. The van der Waals surface area contributed by atoms with Gasteiger partial charge in [0.05, 0.1) is 62.4 Å². The molecule has 19 rings (SSSR count). The van der Waals surface area contributed by atoms with Gasteiger partial charge in [-0.25, -0.2) is 0 Å². The van der Waals surface area contributed by atoms with Gasteiger partial charge >= 0.3 is 0 Å². The molecule has 1 atom stereocenters. The smallest absolute Gasteiger partial charge is 0.150 e. The summed E-state index contributed by atoms with van der Waals surface area (Å²) in [5.41, 5.74) is 31.3. The molecule has 0 saturated heterocycles. The summed E-state index contributed by atoms with van der Waals surface area (Å²) in [5.74, 6) is 0.